The summed E-state index contributed by atoms with van der Waals surface area (Å²) in [5.74, 6) is -0.924. The molecule has 2 aliphatic rings. The zero-order valence-corrected chi connectivity index (χ0v) is 13.9. The lowest BCUT2D eigenvalue weighted by Crippen LogP contribution is -2.40. The first-order valence-electron chi connectivity index (χ1n) is 8.83. The molecule has 0 unspecified atom stereocenters. The van der Waals surface area contributed by atoms with Gasteiger partial charge in [-0.25, -0.2) is 4.39 Å². The number of rotatable bonds is 5. The molecule has 130 valence electrons. The third kappa shape index (κ3) is 3.60. The minimum Gasteiger partial charge on any atom is -0.455 e. The minimum absolute atomic E-state index is 0.216. The summed E-state index contributed by atoms with van der Waals surface area (Å²) in [7, 11) is 0. The fraction of sp³-hybridized carbons (Fsp3) is 0.579. The Morgan fingerprint density at radius 1 is 1.08 bits per heavy atom. The van der Waals surface area contributed by atoms with Crippen LogP contribution >= 0.6 is 0 Å². The number of benzene rings is 1. The molecule has 1 aromatic carbocycles. The van der Waals surface area contributed by atoms with Crippen LogP contribution < -0.4 is 5.32 Å². The number of hydrogen-bond acceptors (Lipinski definition) is 3. The van der Waals surface area contributed by atoms with Gasteiger partial charge >= 0.3 is 5.97 Å². The molecule has 1 amide bonds. The summed E-state index contributed by atoms with van der Waals surface area (Å²) >= 11 is 0. The van der Waals surface area contributed by atoms with Crippen LogP contribution in [0.3, 0.4) is 0 Å². The number of ether oxygens (including phenoxy) is 1. The molecular weight excluding hydrogens is 309 g/mol. The van der Waals surface area contributed by atoms with Crippen LogP contribution in [0.2, 0.25) is 0 Å². The largest absolute Gasteiger partial charge is 0.455 e. The maximum absolute atomic E-state index is 13.2. The van der Waals surface area contributed by atoms with Gasteiger partial charge in [0.2, 0.25) is 0 Å². The van der Waals surface area contributed by atoms with Crippen molar-refractivity contribution in [1.82, 2.24) is 5.32 Å². The Bertz CT molecular complexity index is 587. The molecule has 2 saturated carbocycles. The highest BCUT2D eigenvalue weighted by Crippen LogP contribution is 2.42. The minimum atomic E-state index is -0.735. The van der Waals surface area contributed by atoms with E-state index in [1.807, 2.05) is 0 Å². The molecule has 0 radical (unpaired) electrons. The highest BCUT2D eigenvalue weighted by molar-refractivity contribution is 5.86. The lowest BCUT2D eigenvalue weighted by molar-refractivity contribution is -0.154. The van der Waals surface area contributed by atoms with E-state index in [0.29, 0.717) is 12.8 Å². The van der Waals surface area contributed by atoms with Crippen molar-refractivity contribution >= 4 is 11.9 Å². The fourth-order valence-electron chi connectivity index (χ4n) is 3.97. The van der Waals surface area contributed by atoms with E-state index in [0.717, 1.165) is 44.1 Å². The van der Waals surface area contributed by atoms with Gasteiger partial charge < -0.3 is 10.1 Å². The molecule has 24 heavy (non-hydrogen) atoms. The first-order valence-corrected chi connectivity index (χ1v) is 8.83. The SMILES string of the molecule is O=C(COC(=O)C1(c2ccc(F)cc2)CCCC1)NC1CCCC1. The molecule has 0 spiro atoms. The lowest BCUT2D eigenvalue weighted by atomic mass is 9.79. The van der Waals surface area contributed by atoms with E-state index in [-0.39, 0.29) is 30.3 Å². The van der Waals surface area contributed by atoms with Crippen molar-refractivity contribution < 1.29 is 18.7 Å². The van der Waals surface area contributed by atoms with E-state index >= 15 is 0 Å². The van der Waals surface area contributed by atoms with Crippen LogP contribution in [-0.4, -0.2) is 24.5 Å². The van der Waals surface area contributed by atoms with Crippen LogP contribution in [0.15, 0.2) is 24.3 Å². The summed E-state index contributed by atoms with van der Waals surface area (Å²) in [6.45, 7) is -0.238. The average molecular weight is 333 g/mol. The highest BCUT2D eigenvalue weighted by atomic mass is 19.1. The summed E-state index contributed by atoms with van der Waals surface area (Å²) in [4.78, 5) is 24.7. The second-order valence-electron chi connectivity index (χ2n) is 6.92. The van der Waals surface area contributed by atoms with E-state index in [1.54, 1.807) is 12.1 Å². The smallest absolute Gasteiger partial charge is 0.317 e. The van der Waals surface area contributed by atoms with Gasteiger partial charge in [0, 0.05) is 6.04 Å². The Balaban J connectivity index is 1.62. The van der Waals surface area contributed by atoms with Crippen LogP contribution in [0.4, 0.5) is 4.39 Å². The van der Waals surface area contributed by atoms with Gasteiger partial charge in [-0.1, -0.05) is 37.8 Å². The van der Waals surface area contributed by atoms with Gasteiger partial charge in [-0.3, -0.25) is 9.59 Å². The van der Waals surface area contributed by atoms with Gasteiger partial charge in [-0.15, -0.1) is 0 Å². The van der Waals surface area contributed by atoms with Crippen LogP contribution in [0.5, 0.6) is 0 Å². The maximum atomic E-state index is 13.2. The summed E-state index contributed by atoms with van der Waals surface area (Å²) in [5, 5.41) is 2.92. The quantitative estimate of drug-likeness (QED) is 0.842. The normalized spacial score (nSPS) is 20.0. The van der Waals surface area contributed by atoms with Crippen molar-refractivity contribution in [2.75, 3.05) is 6.61 Å². The summed E-state index contributed by atoms with van der Waals surface area (Å²) in [6.07, 6.45) is 7.50. The van der Waals surface area contributed by atoms with Crippen LogP contribution in [0, 0.1) is 5.82 Å². The number of hydrogen-bond donors (Lipinski definition) is 1. The molecule has 0 atom stereocenters. The first kappa shape index (κ1) is 16.9. The van der Waals surface area contributed by atoms with Gasteiger partial charge in [0.1, 0.15) is 5.82 Å². The predicted molar refractivity (Wildman–Crippen MR) is 87.9 cm³/mol. The second-order valence-corrected chi connectivity index (χ2v) is 6.92. The molecule has 2 fully saturated rings. The van der Waals surface area contributed by atoms with Gasteiger partial charge in [-0.05, 0) is 43.4 Å². The third-order valence-electron chi connectivity index (χ3n) is 5.30. The Morgan fingerprint density at radius 3 is 2.33 bits per heavy atom. The molecule has 1 aromatic rings. The molecule has 0 heterocycles. The number of carbonyl (C=O) groups is 2. The van der Waals surface area contributed by atoms with Crippen molar-refractivity contribution in [3.8, 4) is 0 Å². The predicted octanol–water partition coefficient (Wildman–Crippen LogP) is 3.24. The number of amides is 1. The fourth-order valence-corrected chi connectivity index (χ4v) is 3.97. The van der Waals surface area contributed by atoms with Crippen molar-refractivity contribution in [1.29, 1.82) is 0 Å². The van der Waals surface area contributed by atoms with Crippen molar-refractivity contribution in [2.24, 2.45) is 0 Å². The topological polar surface area (TPSA) is 55.4 Å². The summed E-state index contributed by atoms with van der Waals surface area (Å²) in [6, 6.07) is 6.26. The van der Waals surface area contributed by atoms with Crippen LogP contribution in [0.1, 0.15) is 56.9 Å². The number of nitrogens with one attached hydrogen (secondary N) is 1. The molecule has 1 N–H and O–H groups in total. The van der Waals surface area contributed by atoms with Crippen molar-refractivity contribution in [3.63, 3.8) is 0 Å². The van der Waals surface area contributed by atoms with Gasteiger partial charge in [0.25, 0.3) is 5.91 Å². The van der Waals surface area contributed by atoms with E-state index in [1.165, 1.54) is 12.1 Å². The molecule has 0 aromatic heterocycles. The molecule has 2 aliphatic carbocycles. The molecule has 4 nitrogen and oxygen atoms in total. The van der Waals surface area contributed by atoms with Crippen LogP contribution in [0.25, 0.3) is 0 Å². The standard InChI is InChI=1S/C19H24FNO3/c20-15-9-7-14(8-10-15)19(11-3-4-12-19)18(23)24-13-17(22)21-16-5-1-2-6-16/h7-10,16H,1-6,11-13H2,(H,21,22). The van der Waals surface area contributed by atoms with Crippen LogP contribution in [-0.2, 0) is 19.7 Å². The number of esters is 1. The molecule has 5 heteroatoms. The molecule has 0 saturated heterocycles. The number of carbonyl (C=O) groups excluding carboxylic acids is 2. The van der Waals surface area contributed by atoms with E-state index in [4.69, 9.17) is 4.74 Å². The first-order chi connectivity index (χ1) is 11.6. The highest BCUT2D eigenvalue weighted by Gasteiger charge is 2.44. The monoisotopic (exact) mass is 333 g/mol. The maximum Gasteiger partial charge on any atom is 0.317 e. The van der Waals surface area contributed by atoms with Crippen molar-refractivity contribution in [2.45, 2.75) is 62.8 Å². The lowest BCUT2D eigenvalue weighted by Gasteiger charge is -2.27. The average Bonchev–Trinajstić information content (AvgIpc) is 3.25. The Morgan fingerprint density at radius 2 is 1.71 bits per heavy atom. The molecule has 3 rings (SSSR count). The number of halogens is 1. The van der Waals surface area contributed by atoms with Gasteiger partial charge in [0.15, 0.2) is 6.61 Å². The zero-order valence-electron chi connectivity index (χ0n) is 13.9. The summed E-state index contributed by atoms with van der Waals surface area (Å²) < 4.78 is 18.5. The molecular formula is C19H24FNO3. The van der Waals surface area contributed by atoms with E-state index in [9.17, 15) is 14.0 Å². The van der Waals surface area contributed by atoms with Gasteiger partial charge in [0.05, 0.1) is 5.41 Å². The Kier molecular flexibility index (Phi) is 5.17. The van der Waals surface area contributed by atoms with E-state index in [2.05, 4.69) is 5.32 Å². The second kappa shape index (κ2) is 7.32. The Labute approximate surface area is 141 Å². The molecule has 0 bridgehead atoms. The summed E-state index contributed by atoms with van der Waals surface area (Å²) in [5.41, 5.74) is 0.0454. The van der Waals surface area contributed by atoms with E-state index < -0.39 is 5.41 Å². The molecule has 0 aliphatic heterocycles. The van der Waals surface area contributed by atoms with Crippen molar-refractivity contribution in [3.05, 3.63) is 35.6 Å². The Hall–Kier alpha value is -1.91. The zero-order chi connectivity index (χ0) is 17.0. The van der Waals surface area contributed by atoms with Gasteiger partial charge in [-0.2, -0.15) is 0 Å². The third-order valence-corrected chi connectivity index (χ3v) is 5.30.